The van der Waals surface area contributed by atoms with Gasteiger partial charge in [-0.1, -0.05) is 6.07 Å². The normalized spacial score (nSPS) is 13.1. The minimum Gasteiger partial charge on any atom is -0.378 e. The van der Waals surface area contributed by atoms with Crippen molar-refractivity contribution in [2.45, 2.75) is 20.1 Å². The van der Waals surface area contributed by atoms with Crippen LogP contribution in [0, 0.1) is 6.92 Å². The molecule has 1 N–H and O–H groups in total. The molecule has 0 aliphatic rings. The minimum atomic E-state index is -0.641. The molecule has 0 radical (unpaired) electrons. The van der Waals surface area contributed by atoms with Crippen LogP contribution in [0.4, 0.5) is 5.69 Å². The molecule has 1 aromatic carbocycles. The van der Waals surface area contributed by atoms with Crippen molar-refractivity contribution in [3.8, 4) is 0 Å². The van der Waals surface area contributed by atoms with Crippen molar-refractivity contribution in [1.29, 1.82) is 0 Å². The van der Waals surface area contributed by atoms with Gasteiger partial charge in [0.2, 0.25) is 0 Å². The first-order chi connectivity index (χ1) is 7.00. The standard InChI is InChI=1S/C12H18N2O/c1-9-7-12(14(3)4)6-5-11(9)8-13-10(2)15/h5-8,10,15H,1-4H3. The zero-order chi connectivity index (χ0) is 11.4. The summed E-state index contributed by atoms with van der Waals surface area (Å²) in [5.41, 5.74) is 3.37. The van der Waals surface area contributed by atoms with E-state index in [1.165, 1.54) is 5.69 Å². The van der Waals surface area contributed by atoms with E-state index in [0.717, 1.165) is 11.1 Å². The molecule has 3 heteroatoms. The van der Waals surface area contributed by atoms with Gasteiger partial charge in [-0.05, 0) is 37.1 Å². The van der Waals surface area contributed by atoms with E-state index in [-0.39, 0.29) is 0 Å². The van der Waals surface area contributed by atoms with Gasteiger partial charge in [-0.3, -0.25) is 4.99 Å². The van der Waals surface area contributed by atoms with Crippen LogP contribution >= 0.6 is 0 Å². The Morgan fingerprint density at radius 1 is 1.40 bits per heavy atom. The highest BCUT2D eigenvalue weighted by Crippen LogP contribution is 2.16. The number of hydrogen-bond acceptors (Lipinski definition) is 3. The fourth-order valence-electron chi connectivity index (χ4n) is 1.27. The van der Waals surface area contributed by atoms with Crippen LogP contribution in [-0.2, 0) is 0 Å². The molecule has 0 bridgehead atoms. The fourth-order valence-corrected chi connectivity index (χ4v) is 1.27. The SMILES string of the molecule is Cc1cc(N(C)C)ccc1C=NC(C)O. The average Bonchev–Trinajstić information content (AvgIpc) is 2.15. The summed E-state index contributed by atoms with van der Waals surface area (Å²) in [5.74, 6) is 0. The van der Waals surface area contributed by atoms with Crippen LogP contribution in [0.5, 0.6) is 0 Å². The lowest BCUT2D eigenvalue weighted by Gasteiger charge is -2.13. The lowest BCUT2D eigenvalue weighted by Crippen LogP contribution is -2.09. The van der Waals surface area contributed by atoms with Gasteiger partial charge in [0, 0.05) is 26.0 Å². The third-order valence-electron chi connectivity index (χ3n) is 2.20. The maximum absolute atomic E-state index is 9.04. The Bertz CT molecular complexity index is 357. The highest BCUT2D eigenvalue weighted by molar-refractivity contribution is 5.82. The maximum Gasteiger partial charge on any atom is 0.142 e. The van der Waals surface area contributed by atoms with Gasteiger partial charge in [-0.15, -0.1) is 0 Å². The minimum absolute atomic E-state index is 0.641. The molecule has 0 spiro atoms. The van der Waals surface area contributed by atoms with E-state index in [1.54, 1.807) is 13.1 Å². The summed E-state index contributed by atoms with van der Waals surface area (Å²) in [6.07, 6.45) is 1.07. The van der Waals surface area contributed by atoms with Crippen LogP contribution in [0.15, 0.2) is 23.2 Å². The molecule has 1 atom stereocenters. The molecule has 82 valence electrons. The summed E-state index contributed by atoms with van der Waals surface area (Å²) < 4.78 is 0. The molecule has 0 aromatic heterocycles. The number of aryl methyl sites for hydroxylation is 1. The van der Waals surface area contributed by atoms with E-state index in [2.05, 4.69) is 16.0 Å². The largest absolute Gasteiger partial charge is 0.378 e. The van der Waals surface area contributed by atoms with Crippen molar-refractivity contribution in [1.82, 2.24) is 0 Å². The number of aliphatic hydroxyl groups is 1. The smallest absolute Gasteiger partial charge is 0.142 e. The molecule has 0 saturated heterocycles. The molecule has 0 aliphatic carbocycles. The van der Waals surface area contributed by atoms with Gasteiger partial charge < -0.3 is 10.0 Å². The molecular formula is C12H18N2O. The third kappa shape index (κ3) is 3.36. The maximum atomic E-state index is 9.04. The first-order valence-corrected chi connectivity index (χ1v) is 5.00. The highest BCUT2D eigenvalue weighted by Gasteiger charge is 1.99. The molecule has 1 rings (SSSR count). The van der Waals surface area contributed by atoms with Crippen LogP contribution < -0.4 is 4.90 Å². The van der Waals surface area contributed by atoms with E-state index < -0.39 is 6.23 Å². The Kier molecular flexibility index (Phi) is 3.86. The second-order valence-electron chi connectivity index (χ2n) is 3.85. The molecule has 1 aromatic rings. The van der Waals surface area contributed by atoms with Gasteiger partial charge in [0.15, 0.2) is 0 Å². The summed E-state index contributed by atoms with van der Waals surface area (Å²) in [6.45, 7) is 3.68. The topological polar surface area (TPSA) is 35.8 Å². The second-order valence-corrected chi connectivity index (χ2v) is 3.85. The number of nitrogens with zero attached hydrogens (tertiary/aromatic N) is 2. The summed E-state index contributed by atoms with van der Waals surface area (Å²) in [6, 6.07) is 6.15. The summed E-state index contributed by atoms with van der Waals surface area (Å²) >= 11 is 0. The average molecular weight is 206 g/mol. The number of aliphatic hydroxyl groups excluding tert-OH is 1. The van der Waals surface area contributed by atoms with Crippen molar-refractivity contribution in [3.63, 3.8) is 0 Å². The molecule has 0 aliphatic heterocycles. The third-order valence-corrected chi connectivity index (χ3v) is 2.20. The number of hydrogen-bond donors (Lipinski definition) is 1. The molecule has 15 heavy (non-hydrogen) atoms. The highest BCUT2D eigenvalue weighted by atomic mass is 16.3. The zero-order valence-corrected chi connectivity index (χ0v) is 9.73. The Morgan fingerprint density at radius 2 is 2.07 bits per heavy atom. The quantitative estimate of drug-likeness (QED) is 0.766. The van der Waals surface area contributed by atoms with E-state index in [9.17, 15) is 0 Å². The summed E-state index contributed by atoms with van der Waals surface area (Å²) in [4.78, 5) is 6.01. The Labute approximate surface area is 91.1 Å². The monoisotopic (exact) mass is 206 g/mol. The van der Waals surface area contributed by atoms with Crippen molar-refractivity contribution in [3.05, 3.63) is 29.3 Å². The van der Waals surface area contributed by atoms with Gasteiger partial charge in [0.05, 0.1) is 0 Å². The fraction of sp³-hybridized carbons (Fsp3) is 0.417. The second kappa shape index (κ2) is 4.94. The molecule has 1 unspecified atom stereocenters. The van der Waals surface area contributed by atoms with Crippen LogP contribution in [0.1, 0.15) is 18.1 Å². The van der Waals surface area contributed by atoms with E-state index in [0.29, 0.717) is 0 Å². The summed E-state index contributed by atoms with van der Waals surface area (Å²) in [7, 11) is 4.02. The van der Waals surface area contributed by atoms with Crippen molar-refractivity contribution in [2.75, 3.05) is 19.0 Å². The van der Waals surface area contributed by atoms with Gasteiger partial charge in [-0.2, -0.15) is 0 Å². The number of rotatable bonds is 3. The molecule has 0 saturated carbocycles. The molecule has 0 fully saturated rings. The van der Waals surface area contributed by atoms with Crippen LogP contribution in [0.3, 0.4) is 0 Å². The van der Waals surface area contributed by atoms with Crippen LogP contribution in [0.2, 0.25) is 0 Å². The van der Waals surface area contributed by atoms with Gasteiger partial charge >= 0.3 is 0 Å². The van der Waals surface area contributed by atoms with Crippen molar-refractivity contribution < 1.29 is 5.11 Å². The molecule has 0 amide bonds. The van der Waals surface area contributed by atoms with Gasteiger partial charge in [0.25, 0.3) is 0 Å². The molecule has 0 heterocycles. The Hall–Kier alpha value is -1.35. The van der Waals surface area contributed by atoms with E-state index >= 15 is 0 Å². The number of benzene rings is 1. The van der Waals surface area contributed by atoms with Crippen LogP contribution in [-0.4, -0.2) is 31.6 Å². The predicted octanol–water partition coefficient (Wildman–Crippen LogP) is 1.82. The first kappa shape index (κ1) is 11.7. The van der Waals surface area contributed by atoms with Crippen molar-refractivity contribution in [2.24, 2.45) is 4.99 Å². The molecular weight excluding hydrogens is 188 g/mol. The first-order valence-electron chi connectivity index (χ1n) is 5.00. The lowest BCUT2D eigenvalue weighted by molar-refractivity contribution is 0.206. The van der Waals surface area contributed by atoms with Gasteiger partial charge in [0.1, 0.15) is 6.23 Å². The number of anilines is 1. The Morgan fingerprint density at radius 3 is 2.53 bits per heavy atom. The van der Waals surface area contributed by atoms with Gasteiger partial charge in [-0.25, -0.2) is 0 Å². The molecule has 3 nitrogen and oxygen atoms in total. The Balaban J connectivity index is 2.93. The number of aliphatic imine (C=N–C) groups is 1. The van der Waals surface area contributed by atoms with Crippen molar-refractivity contribution >= 4 is 11.9 Å². The predicted molar refractivity (Wildman–Crippen MR) is 64.8 cm³/mol. The lowest BCUT2D eigenvalue weighted by atomic mass is 10.1. The van der Waals surface area contributed by atoms with E-state index in [1.807, 2.05) is 33.2 Å². The zero-order valence-electron chi connectivity index (χ0n) is 9.73. The van der Waals surface area contributed by atoms with Crippen LogP contribution in [0.25, 0.3) is 0 Å². The van der Waals surface area contributed by atoms with E-state index in [4.69, 9.17) is 5.11 Å². The summed E-state index contributed by atoms with van der Waals surface area (Å²) in [5, 5.41) is 9.04.